The number of nitrogens with two attached hydrogens (primary N) is 1. The lowest BCUT2D eigenvalue weighted by Gasteiger charge is -2.39. The molecule has 9 nitrogen and oxygen atoms in total. The summed E-state index contributed by atoms with van der Waals surface area (Å²) < 4.78 is 5.02. The van der Waals surface area contributed by atoms with Crippen LogP contribution in [-0.2, 0) is 4.79 Å². The minimum Gasteiger partial charge on any atom is -0.467 e. The second kappa shape index (κ2) is 7.79. The normalized spacial score (nSPS) is 14.3. The van der Waals surface area contributed by atoms with E-state index in [9.17, 15) is 9.59 Å². The number of aromatic nitrogens is 3. The van der Waals surface area contributed by atoms with Gasteiger partial charge in [-0.1, -0.05) is 6.08 Å². The van der Waals surface area contributed by atoms with Gasteiger partial charge in [0, 0.05) is 43.7 Å². The number of hydrogen-bond acceptors (Lipinski definition) is 7. The number of hydrogen-bond donors (Lipinski definition) is 3. The zero-order valence-corrected chi connectivity index (χ0v) is 14.3. The van der Waals surface area contributed by atoms with Crippen LogP contribution in [0.1, 0.15) is 0 Å². The molecule has 0 aromatic carbocycles. The zero-order chi connectivity index (χ0) is 18.5. The summed E-state index contributed by atoms with van der Waals surface area (Å²) in [7, 11) is 1.49. The van der Waals surface area contributed by atoms with Gasteiger partial charge in [-0.25, -0.2) is 4.98 Å². The summed E-state index contributed by atoms with van der Waals surface area (Å²) in [6.45, 7) is 1.38. The van der Waals surface area contributed by atoms with Crippen molar-refractivity contribution in [1.29, 1.82) is 0 Å². The summed E-state index contributed by atoms with van der Waals surface area (Å²) in [5, 5.41) is 3.17. The first-order chi connectivity index (χ1) is 12.6. The highest BCUT2D eigenvalue weighted by Crippen LogP contribution is 2.20. The van der Waals surface area contributed by atoms with Gasteiger partial charge in [-0.15, -0.1) is 0 Å². The number of likely N-dealkylation sites (tertiary alicyclic amines) is 1. The highest BCUT2D eigenvalue weighted by molar-refractivity contribution is 5.88. The Morgan fingerprint density at radius 3 is 3.08 bits per heavy atom. The van der Waals surface area contributed by atoms with Crippen molar-refractivity contribution in [3.8, 4) is 17.3 Å². The largest absolute Gasteiger partial charge is 0.467 e. The average Bonchev–Trinajstić information content (AvgIpc) is 2.63. The van der Waals surface area contributed by atoms with Crippen molar-refractivity contribution in [2.24, 2.45) is 5.73 Å². The Labute approximate surface area is 149 Å². The molecule has 2 aromatic heterocycles. The summed E-state index contributed by atoms with van der Waals surface area (Å²) in [5.74, 6) is -0.0794. The zero-order valence-electron chi connectivity index (χ0n) is 14.3. The number of methoxy groups -OCH3 is 1. The van der Waals surface area contributed by atoms with Crippen molar-refractivity contribution in [3.63, 3.8) is 0 Å². The predicted octanol–water partition coefficient (Wildman–Crippen LogP) is -0.0219. The van der Waals surface area contributed by atoms with Crippen LogP contribution in [0.25, 0.3) is 11.3 Å². The van der Waals surface area contributed by atoms with Crippen molar-refractivity contribution in [2.45, 2.75) is 6.04 Å². The fourth-order valence-corrected chi connectivity index (χ4v) is 2.58. The molecule has 0 bridgehead atoms. The molecular weight excluding hydrogens is 336 g/mol. The topological polar surface area (TPSA) is 126 Å². The van der Waals surface area contributed by atoms with Gasteiger partial charge in [-0.05, 0) is 12.1 Å². The Kier molecular flexibility index (Phi) is 5.28. The maximum Gasteiger partial charge on any atom is 0.316 e. The van der Waals surface area contributed by atoms with Gasteiger partial charge in [0.25, 0.3) is 5.56 Å². The molecule has 1 aliphatic rings. The molecule has 26 heavy (non-hydrogen) atoms. The van der Waals surface area contributed by atoms with Crippen LogP contribution in [0.15, 0.2) is 41.5 Å². The summed E-state index contributed by atoms with van der Waals surface area (Å²) >= 11 is 0. The quantitative estimate of drug-likeness (QED) is 0.621. The third kappa shape index (κ3) is 3.89. The minimum absolute atomic E-state index is 0.0153. The average molecular weight is 356 g/mol. The minimum atomic E-state index is -0.234. The van der Waals surface area contributed by atoms with Crippen molar-refractivity contribution in [1.82, 2.24) is 19.9 Å². The molecule has 0 unspecified atom stereocenters. The van der Waals surface area contributed by atoms with E-state index in [-0.39, 0.29) is 23.5 Å². The molecule has 0 atom stereocenters. The second-order valence-electron chi connectivity index (χ2n) is 5.78. The van der Waals surface area contributed by atoms with Gasteiger partial charge in [-0.2, -0.15) is 4.98 Å². The molecule has 0 saturated carbocycles. The number of carbonyl (C=O) groups excluding carboxylic acids is 1. The van der Waals surface area contributed by atoms with E-state index in [0.29, 0.717) is 31.0 Å². The highest BCUT2D eigenvalue weighted by atomic mass is 16.5. The van der Waals surface area contributed by atoms with E-state index in [0.717, 1.165) is 5.56 Å². The molecule has 1 amide bonds. The first-order valence-electron chi connectivity index (χ1n) is 8.13. The van der Waals surface area contributed by atoms with Crippen LogP contribution < -0.4 is 21.3 Å². The first-order valence-corrected chi connectivity index (χ1v) is 8.13. The Balaban J connectivity index is 1.69. The number of amides is 1. The first kappa shape index (κ1) is 17.6. The van der Waals surface area contributed by atoms with E-state index < -0.39 is 0 Å². The standard InChI is InChI=1S/C17H20N6O3/c1-26-17-19-6-4-13(22-17)11-7-14(16(25)20-8-11)21-12-9-23(10-12)15(24)3-2-5-18/h2-4,6-8,12,21H,5,9-10,18H2,1H3,(H,20,25). The Bertz CT molecular complexity index is 873. The summed E-state index contributed by atoms with van der Waals surface area (Å²) in [5.41, 5.74) is 6.89. The van der Waals surface area contributed by atoms with Crippen LogP contribution in [0.3, 0.4) is 0 Å². The molecule has 4 N–H and O–H groups in total. The van der Waals surface area contributed by atoms with E-state index in [1.807, 2.05) is 0 Å². The maximum absolute atomic E-state index is 12.1. The van der Waals surface area contributed by atoms with Gasteiger partial charge >= 0.3 is 6.01 Å². The SMILES string of the molecule is COc1nccc(-c2c[nH]c(=O)c(NC3CN(C(=O)C=CCN)C3)c2)n1. The van der Waals surface area contributed by atoms with Gasteiger partial charge in [0.15, 0.2) is 0 Å². The lowest BCUT2D eigenvalue weighted by molar-refractivity contribution is -0.129. The van der Waals surface area contributed by atoms with Crippen molar-refractivity contribution < 1.29 is 9.53 Å². The fraction of sp³-hybridized carbons (Fsp3) is 0.294. The molecule has 136 valence electrons. The van der Waals surface area contributed by atoms with Gasteiger partial charge in [0.2, 0.25) is 5.91 Å². The third-order valence-corrected chi connectivity index (χ3v) is 3.96. The highest BCUT2D eigenvalue weighted by Gasteiger charge is 2.29. The number of rotatable bonds is 6. The number of aromatic amines is 1. The monoisotopic (exact) mass is 356 g/mol. The van der Waals surface area contributed by atoms with Crippen molar-refractivity contribution >= 4 is 11.6 Å². The van der Waals surface area contributed by atoms with Crippen molar-refractivity contribution in [3.05, 3.63) is 47.0 Å². The van der Waals surface area contributed by atoms with Crippen LogP contribution >= 0.6 is 0 Å². The Hall–Kier alpha value is -3.20. The molecule has 2 aromatic rings. The number of ether oxygens (including phenoxy) is 1. The van der Waals surface area contributed by atoms with Crippen LogP contribution in [-0.4, -0.2) is 58.5 Å². The third-order valence-electron chi connectivity index (χ3n) is 3.96. The van der Waals surface area contributed by atoms with Gasteiger partial charge in [0.05, 0.1) is 18.8 Å². The van der Waals surface area contributed by atoms with Gasteiger partial charge in [0.1, 0.15) is 5.69 Å². The number of pyridine rings is 1. The molecule has 1 aliphatic heterocycles. The van der Waals surface area contributed by atoms with Crippen LogP contribution in [0.2, 0.25) is 0 Å². The number of H-pyrrole nitrogens is 1. The molecular formula is C17H20N6O3. The summed E-state index contributed by atoms with van der Waals surface area (Å²) in [6.07, 6.45) is 6.26. The van der Waals surface area contributed by atoms with E-state index in [1.54, 1.807) is 35.5 Å². The van der Waals surface area contributed by atoms with Crippen molar-refractivity contribution in [2.75, 3.05) is 32.1 Å². The lowest BCUT2D eigenvalue weighted by atomic mass is 10.1. The summed E-state index contributed by atoms with van der Waals surface area (Å²) in [4.78, 5) is 36.5. The molecule has 1 fully saturated rings. The molecule has 3 heterocycles. The van der Waals surface area contributed by atoms with Crippen LogP contribution in [0, 0.1) is 0 Å². The van der Waals surface area contributed by atoms with Gasteiger partial charge < -0.3 is 25.7 Å². The van der Waals surface area contributed by atoms with E-state index in [2.05, 4.69) is 20.3 Å². The molecule has 0 radical (unpaired) electrons. The lowest BCUT2D eigenvalue weighted by Crippen LogP contribution is -2.57. The van der Waals surface area contributed by atoms with E-state index in [1.165, 1.54) is 13.2 Å². The second-order valence-corrected chi connectivity index (χ2v) is 5.78. The molecule has 0 spiro atoms. The van der Waals surface area contributed by atoms with Crippen LogP contribution in [0.4, 0.5) is 5.69 Å². The molecule has 0 aliphatic carbocycles. The number of nitrogens with zero attached hydrogens (tertiary/aromatic N) is 3. The van der Waals surface area contributed by atoms with E-state index >= 15 is 0 Å². The van der Waals surface area contributed by atoms with Crippen LogP contribution in [0.5, 0.6) is 6.01 Å². The fourth-order valence-electron chi connectivity index (χ4n) is 2.58. The van der Waals surface area contributed by atoms with Gasteiger partial charge in [-0.3, -0.25) is 9.59 Å². The Morgan fingerprint density at radius 1 is 1.54 bits per heavy atom. The predicted molar refractivity (Wildman–Crippen MR) is 96.8 cm³/mol. The smallest absolute Gasteiger partial charge is 0.316 e. The van der Waals surface area contributed by atoms with E-state index in [4.69, 9.17) is 10.5 Å². The number of carbonyl (C=O) groups is 1. The number of nitrogens with one attached hydrogen (secondary N) is 2. The summed E-state index contributed by atoms with van der Waals surface area (Å²) in [6, 6.07) is 3.72. The molecule has 9 heteroatoms. The molecule has 3 rings (SSSR count). The molecule has 1 saturated heterocycles. The number of anilines is 1. The Morgan fingerprint density at radius 2 is 2.35 bits per heavy atom. The maximum atomic E-state index is 12.1.